The molecule has 0 aliphatic rings. The van der Waals surface area contributed by atoms with E-state index in [4.69, 9.17) is 16.3 Å². The van der Waals surface area contributed by atoms with Crippen LogP contribution in [0.5, 0.6) is 11.5 Å². The Bertz CT molecular complexity index is 1410. The second kappa shape index (κ2) is 9.56. The number of pyridine rings is 1. The highest BCUT2D eigenvalue weighted by Gasteiger charge is 2.20. The van der Waals surface area contributed by atoms with E-state index in [1.54, 1.807) is 36.4 Å². The molecule has 0 saturated heterocycles. The van der Waals surface area contributed by atoms with Crippen LogP contribution in [-0.4, -0.2) is 25.8 Å². The summed E-state index contributed by atoms with van der Waals surface area (Å²) in [7, 11) is 1.54. The van der Waals surface area contributed by atoms with Gasteiger partial charge in [0.05, 0.1) is 11.6 Å². The number of hydrogen-bond donors (Lipinski definition) is 1. The number of benzene rings is 2. The van der Waals surface area contributed by atoms with Crippen molar-refractivity contribution in [3.63, 3.8) is 0 Å². The van der Waals surface area contributed by atoms with E-state index in [0.29, 0.717) is 22.1 Å². The van der Waals surface area contributed by atoms with Crippen molar-refractivity contribution in [1.82, 2.24) is 14.1 Å². The summed E-state index contributed by atoms with van der Waals surface area (Å²) in [5, 5.41) is 9.97. The van der Waals surface area contributed by atoms with Gasteiger partial charge >= 0.3 is 5.69 Å². The fraction of sp³-hybridized carbons (Fsp3) is 0.208. The van der Waals surface area contributed by atoms with E-state index in [2.05, 4.69) is 4.98 Å². The van der Waals surface area contributed by atoms with Crippen LogP contribution in [0.4, 0.5) is 4.39 Å². The molecule has 33 heavy (non-hydrogen) atoms. The Balaban J connectivity index is 1.95. The van der Waals surface area contributed by atoms with Gasteiger partial charge in [0.2, 0.25) is 0 Å². The number of aliphatic hydroxyl groups excluding tert-OH is 1. The molecule has 0 spiro atoms. The predicted molar refractivity (Wildman–Crippen MR) is 124 cm³/mol. The number of fused-ring (bicyclic) bond motifs is 1. The summed E-state index contributed by atoms with van der Waals surface area (Å²) >= 11 is 5.96. The Kier molecular flexibility index (Phi) is 6.57. The molecule has 0 fully saturated rings. The molecule has 2 heterocycles. The van der Waals surface area contributed by atoms with Crippen molar-refractivity contribution in [1.29, 1.82) is 0 Å². The van der Waals surface area contributed by atoms with Crippen molar-refractivity contribution in [3.8, 4) is 11.5 Å². The van der Waals surface area contributed by atoms with E-state index < -0.39 is 11.2 Å². The number of nitrogens with zero attached hydrogens (tertiary/aromatic N) is 3. The van der Waals surface area contributed by atoms with Crippen molar-refractivity contribution in [2.45, 2.75) is 19.4 Å². The first-order valence-electron chi connectivity index (χ1n) is 10.3. The zero-order chi connectivity index (χ0) is 23.5. The Morgan fingerprint density at radius 3 is 2.45 bits per heavy atom. The van der Waals surface area contributed by atoms with Crippen LogP contribution in [0.3, 0.4) is 0 Å². The van der Waals surface area contributed by atoms with Gasteiger partial charge in [0.25, 0.3) is 5.56 Å². The fourth-order valence-electron chi connectivity index (χ4n) is 3.62. The van der Waals surface area contributed by atoms with Gasteiger partial charge in [-0.25, -0.2) is 14.2 Å². The number of aryl methyl sites for hydroxylation is 1. The molecule has 9 heteroatoms. The van der Waals surface area contributed by atoms with Gasteiger partial charge < -0.3 is 9.84 Å². The summed E-state index contributed by atoms with van der Waals surface area (Å²) in [6, 6.07) is 12.7. The highest BCUT2D eigenvalue weighted by molar-refractivity contribution is 6.30. The van der Waals surface area contributed by atoms with E-state index >= 15 is 0 Å². The van der Waals surface area contributed by atoms with Crippen LogP contribution in [0.1, 0.15) is 17.5 Å². The number of rotatable bonds is 7. The first-order valence-corrected chi connectivity index (χ1v) is 10.7. The molecule has 0 aliphatic carbocycles. The Morgan fingerprint density at radius 1 is 1.09 bits per heavy atom. The van der Waals surface area contributed by atoms with Gasteiger partial charge in [-0.15, -0.1) is 0 Å². The predicted octanol–water partition coefficient (Wildman–Crippen LogP) is 3.65. The average Bonchev–Trinajstić information content (AvgIpc) is 2.81. The van der Waals surface area contributed by atoms with Crippen LogP contribution in [0.15, 0.2) is 64.3 Å². The third kappa shape index (κ3) is 4.67. The summed E-state index contributed by atoms with van der Waals surface area (Å²) in [4.78, 5) is 30.5. The lowest BCUT2D eigenvalue weighted by Crippen LogP contribution is -2.40. The fourth-order valence-corrected chi connectivity index (χ4v) is 3.74. The zero-order valence-corrected chi connectivity index (χ0v) is 18.6. The molecule has 2 aromatic heterocycles. The SMILES string of the molecule is Cn1c(=O)n(CCCO)c(=O)c2c(Cc3ccc(F)cc3)c(Oc3ccc(Cl)cc3)cnc21. The van der Waals surface area contributed by atoms with Gasteiger partial charge in [0, 0.05) is 37.2 Å². The van der Waals surface area contributed by atoms with Gasteiger partial charge in [-0.05, 0) is 48.4 Å². The molecule has 0 aliphatic heterocycles. The van der Waals surface area contributed by atoms with Crippen LogP contribution < -0.4 is 16.0 Å². The van der Waals surface area contributed by atoms with Gasteiger partial charge in [0.1, 0.15) is 23.0 Å². The third-order valence-electron chi connectivity index (χ3n) is 5.30. The molecule has 170 valence electrons. The van der Waals surface area contributed by atoms with Gasteiger partial charge in [-0.3, -0.25) is 13.9 Å². The monoisotopic (exact) mass is 469 g/mol. The largest absolute Gasteiger partial charge is 0.455 e. The summed E-state index contributed by atoms with van der Waals surface area (Å²) in [5.74, 6) is 0.453. The highest BCUT2D eigenvalue weighted by atomic mass is 35.5. The maximum Gasteiger partial charge on any atom is 0.332 e. The minimum atomic E-state index is -0.521. The summed E-state index contributed by atoms with van der Waals surface area (Å²) < 4.78 is 21.9. The molecule has 2 aromatic carbocycles. The average molecular weight is 470 g/mol. The second-order valence-electron chi connectivity index (χ2n) is 7.53. The molecule has 4 rings (SSSR count). The first kappa shape index (κ1) is 22.7. The van der Waals surface area contributed by atoms with Gasteiger partial charge in [-0.1, -0.05) is 23.7 Å². The molecular formula is C24H21ClFN3O4. The smallest absolute Gasteiger partial charge is 0.332 e. The van der Waals surface area contributed by atoms with Crippen LogP contribution >= 0.6 is 11.6 Å². The quantitative estimate of drug-likeness (QED) is 0.446. The zero-order valence-electron chi connectivity index (χ0n) is 17.8. The number of ether oxygens (including phenoxy) is 1. The van der Waals surface area contributed by atoms with E-state index in [0.717, 1.165) is 10.1 Å². The standard InChI is InChI=1S/C24H21ClFN3O4/c1-28-22-21(23(31)29(24(28)32)11-2-12-30)19(13-15-3-7-17(26)8-4-15)20(14-27-22)33-18-9-5-16(25)6-10-18/h3-10,14,30H,2,11-13H2,1H3. The summed E-state index contributed by atoms with van der Waals surface area (Å²) in [5.41, 5.74) is 0.436. The minimum Gasteiger partial charge on any atom is -0.455 e. The number of aromatic nitrogens is 3. The van der Waals surface area contributed by atoms with E-state index in [-0.39, 0.29) is 42.8 Å². The molecule has 0 unspecified atom stereocenters. The maximum absolute atomic E-state index is 13.5. The number of aliphatic hydroxyl groups is 1. The molecule has 0 amide bonds. The van der Waals surface area contributed by atoms with Crippen molar-refractivity contribution in [3.05, 3.63) is 97.5 Å². The molecule has 7 nitrogen and oxygen atoms in total. The Hall–Kier alpha value is -3.49. The number of halogens is 2. The van der Waals surface area contributed by atoms with Crippen molar-refractivity contribution in [2.75, 3.05) is 6.61 Å². The second-order valence-corrected chi connectivity index (χ2v) is 7.97. The van der Waals surface area contributed by atoms with Gasteiger partial charge in [0.15, 0.2) is 0 Å². The van der Waals surface area contributed by atoms with Crippen LogP contribution in [0.25, 0.3) is 11.0 Å². The molecule has 0 radical (unpaired) electrons. The van der Waals surface area contributed by atoms with Crippen LogP contribution in [-0.2, 0) is 20.0 Å². The molecule has 0 bridgehead atoms. The molecule has 4 aromatic rings. The van der Waals surface area contributed by atoms with Crippen LogP contribution in [0.2, 0.25) is 5.02 Å². The molecular weight excluding hydrogens is 449 g/mol. The summed E-state index contributed by atoms with van der Waals surface area (Å²) in [6.45, 7) is -0.0930. The lowest BCUT2D eigenvalue weighted by molar-refractivity contribution is 0.277. The minimum absolute atomic E-state index is 0.0657. The Morgan fingerprint density at radius 2 is 1.79 bits per heavy atom. The van der Waals surface area contributed by atoms with Crippen LogP contribution in [0, 0.1) is 5.82 Å². The lowest BCUT2D eigenvalue weighted by atomic mass is 10.0. The normalized spacial score (nSPS) is 11.2. The first-order chi connectivity index (χ1) is 15.9. The molecule has 1 N–H and O–H groups in total. The molecule has 0 saturated carbocycles. The maximum atomic E-state index is 13.5. The summed E-state index contributed by atoms with van der Waals surface area (Å²) in [6.07, 6.45) is 1.96. The topological polar surface area (TPSA) is 86.3 Å². The van der Waals surface area contributed by atoms with Crippen molar-refractivity contribution in [2.24, 2.45) is 7.05 Å². The highest BCUT2D eigenvalue weighted by Crippen LogP contribution is 2.31. The van der Waals surface area contributed by atoms with Gasteiger partial charge in [-0.2, -0.15) is 0 Å². The van der Waals surface area contributed by atoms with Crippen molar-refractivity contribution < 1.29 is 14.2 Å². The third-order valence-corrected chi connectivity index (χ3v) is 5.55. The van der Waals surface area contributed by atoms with E-state index in [1.165, 1.54) is 29.9 Å². The van der Waals surface area contributed by atoms with E-state index in [9.17, 15) is 19.1 Å². The van der Waals surface area contributed by atoms with Crippen molar-refractivity contribution >= 4 is 22.6 Å². The lowest BCUT2D eigenvalue weighted by Gasteiger charge is -2.16. The number of hydrogen-bond acceptors (Lipinski definition) is 5. The molecule has 0 atom stereocenters. The Labute approximate surface area is 193 Å². The van der Waals surface area contributed by atoms with E-state index in [1.807, 2.05) is 0 Å².